The second kappa shape index (κ2) is 6.45. The minimum absolute atomic E-state index is 0.00142. The van der Waals surface area contributed by atoms with Crippen LogP contribution in [0.2, 0.25) is 5.02 Å². The van der Waals surface area contributed by atoms with Crippen molar-refractivity contribution in [3.8, 4) is 5.75 Å². The van der Waals surface area contributed by atoms with E-state index in [-0.39, 0.29) is 40.3 Å². The summed E-state index contributed by atoms with van der Waals surface area (Å²) in [5.74, 6) is -0.734. The van der Waals surface area contributed by atoms with Gasteiger partial charge < -0.3 is 15.4 Å². The fourth-order valence-electron chi connectivity index (χ4n) is 3.92. The van der Waals surface area contributed by atoms with Gasteiger partial charge in [0, 0.05) is 17.1 Å². The van der Waals surface area contributed by atoms with Gasteiger partial charge in [0.05, 0.1) is 16.2 Å². The first-order chi connectivity index (χ1) is 12.8. The molecule has 9 heteroatoms. The number of aryl methyl sites for hydroxylation is 1. The molecule has 0 unspecified atom stereocenters. The van der Waals surface area contributed by atoms with E-state index in [1.807, 2.05) is 6.92 Å². The average molecular weight is 410 g/mol. The minimum Gasteiger partial charge on any atom is -0.484 e. The van der Waals surface area contributed by atoms with Gasteiger partial charge in [0.2, 0.25) is 0 Å². The molecule has 2 bridgehead atoms. The molecule has 6 nitrogen and oxygen atoms in total. The largest absolute Gasteiger partial charge is 0.484 e. The number of ether oxygens (including phenoxy) is 1. The molecule has 1 heterocycles. The summed E-state index contributed by atoms with van der Waals surface area (Å²) in [6.07, 6.45) is 2.10. The van der Waals surface area contributed by atoms with Gasteiger partial charge >= 0.3 is 0 Å². The number of nitrogens with zero attached hydrogens (tertiary/aromatic N) is 1. The molecule has 3 saturated carbocycles. The molecule has 0 radical (unpaired) electrons. The van der Waals surface area contributed by atoms with Gasteiger partial charge in [0.15, 0.2) is 6.61 Å². The second-order valence-corrected chi connectivity index (χ2v) is 8.49. The molecule has 3 fully saturated rings. The molecular formula is C18H17ClFN3O3S. The maximum absolute atomic E-state index is 13.4. The van der Waals surface area contributed by atoms with E-state index < -0.39 is 5.82 Å². The van der Waals surface area contributed by atoms with Gasteiger partial charge in [-0.3, -0.25) is 9.59 Å². The van der Waals surface area contributed by atoms with E-state index in [0.717, 1.165) is 11.8 Å². The van der Waals surface area contributed by atoms with Crippen LogP contribution >= 0.6 is 22.9 Å². The highest BCUT2D eigenvalue weighted by atomic mass is 35.5. The summed E-state index contributed by atoms with van der Waals surface area (Å²) < 4.78 is 18.7. The highest BCUT2D eigenvalue weighted by molar-refractivity contribution is 7.11. The van der Waals surface area contributed by atoms with Crippen LogP contribution in [0.4, 0.5) is 4.39 Å². The van der Waals surface area contributed by atoms with E-state index in [0.29, 0.717) is 24.1 Å². The first-order valence-corrected chi connectivity index (χ1v) is 9.67. The SMILES string of the molecule is Cc1ncsc1C(=O)NC12CC(NC(=O)COc3ccc(Cl)c(F)c3)(C1)C2. The summed E-state index contributed by atoms with van der Waals surface area (Å²) in [6, 6.07) is 4.02. The molecule has 0 saturated heterocycles. The summed E-state index contributed by atoms with van der Waals surface area (Å²) in [6.45, 7) is 1.60. The van der Waals surface area contributed by atoms with Gasteiger partial charge in [-0.1, -0.05) is 11.6 Å². The van der Waals surface area contributed by atoms with E-state index in [1.165, 1.54) is 23.5 Å². The summed E-state index contributed by atoms with van der Waals surface area (Å²) in [4.78, 5) is 29.1. The van der Waals surface area contributed by atoms with Crippen LogP contribution in [0.1, 0.15) is 34.6 Å². The topological polar surface area (TPSA) is 80.3 Å². The molecule has 3 aliphatic rings. The van der Waals surface area contributed by atoms with Crippen LogP contribution < -0.4 is 15.4 Å². The number of nitrogens with one attached hydrogen (secondary N) is 2. The van der Waals surface area contributed by atoms with Gasteiger partial charge in [0.25, 0.3) is 11.8 Å². The molecule has 142 valence electrons. The van der Waals surface area contributed by atoms with Crippen molar-refractivity contribution in [1.29, 1.82) is 0 Å². The Bertz CT molecular complexity index is 913. The fraction of sp³-hybridized carbons (Fsp3) is 0.389. The predicted octanol–water partition coefficient (Wildman–Crippen LogP) is 2.84. The number of thiazole rings is 1. The van der Waals surface area contributed by atoms with Gasteiger partial charge in [-0.25, -0.2) is 9.37 Å². The maximum atomic E-state index is 13.4. The lowest BCUT2D eigenvalue weighted by Crippen LogP contribution is -2.84. The zero-order valence-corrected chi connectivity index (χ0v) is 16.0. The highest BCUT2D eigenvalue weighted by Gasteiger charge is 2.69. The number of amides is 2. The van der Waals surface area contributed by atoms with Crippen LogP contribution in [0.3, 0.4) is 0 Å². The lowest BCUT2D eigenvalue weighted by atomic mass is 9.44. The van der Waals surface area contributed by atoms with Crippen LogP contribution in [0, 0.1) is 12.7 Å². The van der Waals surface area contributed by atoms with Crippen molar-refractivity contribution >= 4 is 34.8 Å². The number of carbonyl (C=O) groups excluding carboxylic acids is 2. The van der Waals surface area contributed by atoms with Crippen molar-refractivity contribution < 1.29 is 18.7 Å². The summed E-state index contributed by atoms with van der Waals surface area (Å²) >= 11 is 6.93. The first kappa shape index (κ1) is 18.2. The van der Waals surface area contributed by atoms with E-state index in [1.54, 1.807) is 5.51 Å². The number of carbonyl (C=O) groups is 2. The zero-order chi connectivity index (χ0) is 19.2. The minimum atomic E-state index is -0.595. The fourth-order valence-corrected chi connectivity index (χ4v) is 4.73. The van der Waals surface area contributed by atoms with Crippen LogP contribution in [0.25, 0.3) is 0 Å². The highest BCUT2D eigenvalue weighted by Crippen LogP contribution is 2.60. The quantitative estimate of drug-likeness (QED) is 0.768. The normalized spacial score (nSPS) is 25.1. The molecule has 3 aliphatic carbocycles. The Morgan fingerprint density at radius 3 is 2.63 bits per heavy atom. The molecule has 0 atom stereocenters. The second-order valence-electron chi connectivity index (χ2n) is 7.22. The Kier molecular flexibility index (Phi) is 4.35. The molecule has 5 rings (SSSR count). The van der Waals surface area contributed by atoms with Crippen LogP contribution in [-0.2, 0) is 4.79 Å². The first-order valence-electron chi connectivity index (χ1n) is 8.41. The smallest absolute Gasteiger partial charge is 0.263 e. The van der Waals surface area contributed by atoms with Gasteiger partial charge in [-0.15, -0.1) is 11.3 Å². The molecule has 1 aromatic carbocycles. The summed E-state index contributed by atoms with van der Waals surface area (Å²) in [5.41, 5.74) is 1.87. The van der Waals surface area contributed by atoms with Crippen molar-refractivity contribution in [3.05, 3.63) is 45.1 Å². The third-order valence-corrected chi connectivity index (χ3v) is 6.26. The number of halogens is 2. The standard InChI is InChI=1S/C18H17ClFN3O3S/c1-10-15(27-9-21-10)16(25)23-18-6-17(7-18,8-18)22-14(24)5-26-11-2-3-12(19)13(20)4-11/h2-4,9H,5-8H2,1H3,(H,22,24)(H,23,25). The Balaban J connectivity index is 1.24. The van der Waals surface area contributed by atoms with E-state index in [2.05, 4.69) is 15.6 Å². The molecule has 27 heavy (non-hydrogen) atoms. The van der Waals surface area contributed by atoms with Crippen molar-refractivity contribution in [3.63, 3.8) is 0 Å². The van der Waals surface area contributed by atoms with Crippen molar-refractivity contribution in [2.45, 2.75) is 37.3 Å². The molecular weight excluding hydrogens is 393 g/mol. The van der Waals surface area contributed by atoms with Crippen LogP contribution in [0.15, 0.2) is 23.7 Å². The number of hydrogen-bond acceptors (Lipinski definition) is 5. The molecule has 0 spiro atoms. The number of hydrogen-bond donors (Lipinski definition) is 2. The van der Waals surface area contributed by atoms with Crippen molar-refractivity contribution in [2.75, 3.05) is 6.61 Å². The van der Waals surface area contributed by atoms with Crippen LogP contribution in [-0.4, -0.2) is 34.5 Å². The van der Waals surface area contributed by atoms with E-state index >= 15 is 0 Å². The number of benzene rings is 1. The molecule has 2 aromatic rings. The molecule has 2 amide bonds. The monoisotopic (exact) mass is 409 g/mol. The molecule has 0 aliphatic heterocycles. The van der Waals surface area contributed by atoms with Crippen molar-refractivity contribution in [1.82, 2.24) is 15.6 Å². The van der Waals surface area contributed by atoms with E-state index in [9.17, 15) is 14.0 Å². The van der Waals surface area contributed by atoms with Gasteiger partial charge in [0.1, 0.15) is 16.4 Å². The lowest BCUT2D eigenvalue weighted by molar-refractivity contribution is -0.141. The summed E-state index contributed by atoms with van der Waals surface area (Å²) in [5, 5.41) is 6.02. The van der Waals surface area contributed by atoms with E-state index in [4.69, 9.17) is 16.3 Å². The predicted molar refractivity (Wildman–Crippen MR) is 98.7 cm³/mol. The Labute approximate surface area is 164 Å². The Hall–Kier alpha value is -2.19. The summed E-state index contributed by atoms with van der Waals surface area (Å²) in [7, 11) is 0. The average Bonchev–Trinajstić information content (AvgIpc) is 2.99. The van der Waals surface area contributed by atoms with Crippen LogP contribution in [0.5, 0.6) is 5.75 Å². The molecule has 2 N–H and O–H groups in total. The lowest BCUT2D eigenvalue weighted by Gasteiger charge is -2.70. The third-order valence-electron chi connectivity index (χ3n) is 5.03. The Morgan fingerprint density at radius 2 is 2.00 bits per heavy atom. The van der Waals surface area contributed by atoms with Gasteiger partial charge in [-0.2, -0.15) is 0 Å². The zero-order valence-electron chi connectivity index (χ0n) is 14.5. The molecule has 1 aromatic heterocycles. The van der Waals surface area contributed by atoms with Gasteiger partial charge in [-0.05, 0) is 38.3 Å². The van der Waals surface area contributed by atoms with Crippen molar-refractivity contribution in [2.24, 2.45) is 0 Å². The number of rotatable bonds is 6. The third kappa shape index (κ3) is 3.39. The Morgan fingerprint density at radius 1 is 1.30 bits per heavy atom. The maximum Gasteiger partial charge on any atom is 0.263 e. The number of aromatic nitrogens is 1.